The number of hydrogen-bond donors (Lipinski definition) is 1. The molecule has 0 aromatic heterocycles. The van der Waals surface area contributed by atoms with Crippen molar-refractivity contribution in [3.8, 4) is 23.0 Å². The fraction of sp³-hybridized carbons (Fsp3) is 0.296. The number of rotatable bonds is 8. The van der Waals surface area contributed by atoms with Gasteiger partial charge in [-0.3, -0.25) is 4.79 Å². The predicted molar refractivity (Wildman–Crippen MR) is 132 cm³/mol. The predicted octanol–water partition coefficient (Wildman–Crippen LogP) is 4.96. The number of amides is 1. The van der Waals surface area contributed by atoms with Crippen molar-refractivity contribution in [1.82, 2.24) is 0 Å². The van der Waals surface area contributed by atoms with Crippen molar-refractivity contribution in [2.45, 2.75) is 25.9 Å². The standard InChI is InChI=1S/C27H29FN2O5/c1-17-5-7-18(8-6-17)15-30-21(16-35-23-11-19(28)9-10-22(23)30)14-26(31)29-20-12-24(32-2)27(34-4)25(13-20)33-3/h5-13,21H,14-16H2,1-4H3,(H,29,31)/t21-/m1/s1. The second-order valence-electron chi connectivity index (χ2n) is 8.36. The molecule has 8 heteroatoms. The van der Waals surface area contributed by atoms with Gasteiger partial charge in [-0.15, -0.1) is 0 Å². The van der Waals surface area contributed by atoms with Gasteiger partial charge < -0.3 is 29.2 Å². The lowest BCUT2D eigenvalue weighted by Crippen LogP contribution is -2.44. The zero-order chi connectivity index (χ0) is 24.9. The summed E-state index contributed by atoms with van der Waals surface area (Å²) in [6.07, 6.45) is 0.166. The summed E-state index contributed by atoms with van der Waals surface area (Å²) in [6, 6.07) is 15.8. The molecule has 1 heterocycles. The van der Waals surface area contributed by atoms with Gasteiger partial charge in [0.1, 0.15) is 18.2 Å². The van der Waals surface area contributed by atoms with E-state index in [-0.39, 0.29) is 30.8 Å². The quantitative estimate of drug-likeness (QED) is 0.492. The number of nitrogens with zero attached hydrogens (tertiary/aromatic N) is 1. The molecule has 0 unspecified atom stereocenters. The summed E-state index contributed by atoms with van der Waals surface area (Å²) in [5.74, 6) is 1.24. The van der Waals surface area contributed by atoms with Gasteiger partial charge in [-0.2, -0.15) is 0 Å². The van der Waals surface area contributed by atoms with Gasteiger partial charge in [-0.05, 0) is 24.6 Å². The number of anilines is 2. The van der Waals surface area contributed by atoms with E-state index in [1.165, 1.54) is 39.0 Å². The van der Waals surface area contributed by atoms with Gasteiger partial charge in [-0.25, -0.2) is 4.39 Å². The summed E-state index contributed by atoms with van der Waals surface area (Å²) in [4.78, 5) is 15.2. The van der Waals surface area contributed by atoms with Gasteiger partial charge in [0.2, 0.25) is 11.7 Å². The molecular formula is C27H29FN2O5. The number of fused-ring (bicyclic) bond motifs is 1. The van der Waals surface area contributed by atoms with E-state index in [1.54, 1.807) is 18.2 Å². The van der Waals surface area contributed by atoms with Crippen molar-refractivity contribution >= 4 is 17.3 Å². The first kappa shape index (κ1) is 24.2. The van der Waals surface area contributed by atoms with E-state index in [1.807, 2.05) is 19.1 Å². The molecular weight excluding hydrogens is 451 g/mol. The maximum absolute atomic E-state index is 13.8. The Balaban J connectivity index is 1.56. The molecule has 0 saturated heterocycles. The Hall–Kier alpha value is -3.94. The SMILES string of the molecule is COc1cc(NC(=O)C[C@@H]2COc3cc(F)ccc3N2Cc2ccc(C)cc2)cc(OC)c1OC. The number of carbonyl (C=O) groups excluding carboxylic acids is 1. The van der Waals surface area contributed by atoms with Crippen LogP contribution >= 0.6 is 0 Å². The van der Waals surface area contributed by atoms with E-state index >= 15 is 0 Å². The smallest absolute Gasteiger partial charge is 0.226 e. The molecule has 3 aromatic carbocycles. The molecule has 3 aromatic rings. The van der Waals surface area contributed by atoms with Gasteiger partial charge in [0.15, 0.2) is 11.5 Å². The molecule has 184 valence electrons. The zero-order valence-electron chi connectivity index (χ0n) is 20.3. The van der Waals surface area contributed by atoms with Crippen LogP contribution in [-0.4, -0.2) is 39.9 Å². The lowest BCUT2D eigenvalue weighted by atomic mass is 10.1. The van der Waals surface area contributed by atoms with Crippen LogP contribution in [0.3, 0.4) is 0 Å². The summed E-state index contributed by atoms with van der Waals surface area (Å²) in [5, 5.41) is 2.92. The first-order valence-corrected chi connectivity index (χ1v) is 11.3. The van der Waals surface area contributed by atoms with E-state index in [0.717, 1.165) is 11.3 Å². The maximum Gasteiger partial charge on any atom is 0.226 e. The molecule has 0 radical (unpaired) electrons. The lowest BCUT2D eigenvalue weighted by Gasteiger charge is -2.38. The summed E-state index contributed by atoms with van der Waals surface area (Å²) in [5.41, 5.74) is 3.53. The van der Waals surface area contributed by atoms with Crippen LogP contribution in [-0.2, 0) is 11.3 Å². The average Bonchev–Trinajstić information content (AvgIpc) is 2.85. The molecule has 0 fully saturated rings. The number of benzene rings is 3. The molecule has 0 bridgehead atoms. The molecule has 1 atom stereocenters. The van der Waals surface area contributed by atoms with Crippen molar-refractivity contribution in [2.75, 3.05) is 38.2 Å². The van der Waals surface area contributed by atoms with E-state index < -0.39 is 0 Å². The maximum atomic E-state index is 13.8. The zero-order valence-corrected chi connectivity index (χ0v) is 20.3. The Morgan fingerprint density at radius 3 is 2.34 bits per heavy atom. The molecule has 1 aliphatic heterocycles. The largest absolute Gasteiger partial charge is 0.493 e. The number of aryl methyl sites for hydroxylation is 1. The Bertz CT molecular complexity index is 1170. The van der Waals surface area contributed by atoms with E-state index in [4.69, 9.17) is 18.9 Å². The van der Waals surface area contributed by atoms with Crippen LogP contribution in [0.2, 0.25) is 0 Å². The highest BCUT2D eigenvalue weighted by atomic mass is 19.1. The third kappa shape index (κ3) is 5.42. The third-order valence-corrected chi connectivity index (χ3v) is 5.95. The normalized spacial score (nSPS) is 14.5. The van der Waals surface area contributed by atoms with E-state index in [2.05, 4.69) is 22.3 Å². The van der Waals surface area contributed by atoms with Crippen LogP contribution in [0.15, 0.2) is 54.6 Å². The van der Waals surface area contributed by atoms with Crippen molar-refractivity contribution < 1.29 is 28.1 Å². The Morgan fingerprint density at radius 2 is 1.71 bits per heavy atom. The fourth-order valence-electron chi connectivity index (χ4n) is 4.17. The Labute approximate surface area is 204 Å². The van der Waals surface area contributed by atoms with Gasteiger partial charge in [0.05, 0.1) is 39.5 Å². The minimum atomic E-state index is -0.363. The summed E-state index contributed by atoms with van der Waals surface area (Å²) < 4.78 is 35.8. The lowest BCUT2D eigenvalue weighted by molar-refractivity contribution is -0.116. The molecule has 1 amide bonds. The summed E-state index contributed by atoms with van der Waals surface area (Å²) in [7, 11) is 4.56. The van der Waals surface area contributed by atoms with Crippen LogP contribution in [0.5, 0.6) is 23.0 Å². The monoisotopic (exact) mass is 480 g/mol. The molecule has 35 heavy (non-hydrogen) atoms. The van der Waals surface area contributed by atoms with Gasteiger partial charge in [0, 0.05) is 30.4 Å². The van der Waals surface area contributed by atoms with Crippen LogP contribution in [0.4, 0.5) is 15.8 Å². The Kier molecular flexibility index (Phi) is 7.29. The highest BCUT2D eigenvalue weighted by molar-refractivity contribution is 5.92. The van der Waals surface area contributed by atoms with E-state index in [9.17, 15) is 9.18 Å². The van der Waals surface area contributed by atoms with Gasteiger partial charge >= 0.3 is 0 Å². The molecule has 7 nitrogen and oxygen atoms in total. The minimum absolute atomic E-state index is 0.166. The first-order chi connectivity index (χ1) is 16.9. The number of carbonyl (C=O) groups is 1. The van der Waals surface area contributed by atoms with Crippen molar-refractivity contribution in [3.05, 3.63) is 71.5 Å². The van der Waals surface area contributed by atoms with Crippen molar-refractivity contribution in [2.24, 2.45) is 0 Å². The van der Waals surface area contributed by atoms with Crippen molar-refractivity contribution in [3.63, 3.8) is 0 Å². The number of ether oxygens (including phenoxy) is 4. The number of nitrogens with one attached hydrogen (secondary N) is 1. The second-order valence-corrected chi connectivity index (χ2v) is 8.36. The molecule has 1 N–H and O–H groups in total. The highest BCUT2D eigenvalue weighted by Crippen LogP contribution is 2.40. The van der Waals surface area contributed by atoms with Crippen molar-refractivity contribution in [1.29, 1.82) is 0 Å². The number of hydrogen-bond acceptors (Lipinski definition) is 6. The fourth-order valence-corrected chi connectivity index (χ4v) is 4.17. The second kappa shape index (κ2) is 10.5. The highest BCUT2D eigenvalue weighted by Gasteiger charge is 2.30. The van der Waals surface area contributed by atoms with E-state index in [0.29, 0.717) is 35.2 Å². The summed E-state index contributed by atoms with van der Waals surface area (Å²) in [6.45, 7) is 2.85. The average molecular weight is 481 g/mol. The summed E-state index contributed by atoms with van der Waals surface area (Å²) >= 11 is 0. The minimum Gasteiger partial charge on any atom is -0.493 e. The third-order valence-electron chi connectivity index (χ3n) is 5.95. The van der Waals surface area contributed by atoms with Gasteiger partial charge in [-0.1, -0.05) is 29.8 Å². The Morgan fingerprint density at radius 1 is 1.03 bits per heavy atom. The molecule has 0 spiro atoms. The number of methoxy groups -OCH3 is 3. The molecule has 0 aliphatic carbocycles. The topological polar surface area (TPSA) is 69.3 Å². The first-order valence-electron chi connectivity index (χ1n) is 11.3. The molecule has 1 aliphatic rings. The van der Waals surface area contributed by atoms with Crippen LogP contribution in [0.1, 0.15) is 17.5 Å². The molecule has 4 rings (SSSR count). The number of halogens is 1. The van der Waals surface area contributed by atoms with Crippen LogP contribution in [0, 0.1) is 12.7 Å². The van der Waals surface area contributed by atoms with Gasteiger partial charge in [0.25, 0.3) is 0 Å². The van der Waals surface area contributed by atoms with Crippen LogP contribution < -0.4 is 29.2 Å². The molecule has 0 saturated carbocycles. The van der Waals surface area contributed by atoms with Crippen LogP contribution in [0.25, 0.3) is 0 Å².